The van der Waals surface area contributed by atoms with Crippen LogP contribution in [0.1, 0.15) is 13.8 Å². The molecule has 1 heterocycles. The van der Waals surface area contributed by atoms with Gasteiger partial charge in [-0.1, -0.05) is 0 Å². The summed E-state index contributed by atoms with van der Waals surface area (Å²) in [6, 6.07) is 0. The molecule has 0 aliphatic rings. The molecule has 0 saturated heterocycles. The molecule has 5 heteroatoms. The molecule has 3 nitrogen and oxygen atoms in total. The molecule has 0 atom stereocenters. The van der Waals surface area contributed by atoms with E-state index < -0.39 is 0 Å². The third kappa shape index (κ3) is 3.05. The summed E-state index contributed by atoms with van der Waals surface area (Å²) >= 11 is 4.13. The third-order valence-electron chi connectivity index (χ3n) is 2.16. The number of rotatable bonds is 4. The fourth-order valence-electron chi connectivity index (χ4n) is 0.917. The molecule has 0 aliphatic carbocycles. The summed E-state index contributed by atoms with van der Waals surface area (Å²) in [5.41, 5.74) is 0. The maximum Gasteiger partial charge on any atom is 0.203 e. The molecular weight excluding hydrogens is 309 g/mol. The standard InChI is InChI=1S/C9H16IN3S/c1-9(2,14-4)6-12-8-11-5-7(10)13(8)3/h5H,6H2,1-4H3,(H,11,12). The SMILES string of the molecule is CSC(C)(C)CNc1ncc(I)n1C. The first-order chi connectivity index (χ1) is 6.46. The van der Waals surface area contributed by atoms with Gasteiger partial charge in [0.15, 0.2) is 0 Å². The van der Waals surface area contributed by atoms with Gasteiger partial charge in [0.25, 0.3) is 0 Å². The molecule has 0 saturated carbocycles. The van der Waals surface area contributed by atoms with Crippen molar-refractivity contribution in [2.75, 3.05) is 18.1 Å². The molecule has 0 radical (unpaired) electrons. The average molecular weight is 325 g/mol. The zero-order valence-electron chi connectivity index (χ0n) is 8.97. The highest BCUT2D eigenvalue weighted by Crippen LogP contribution is 2.21. The van der Waals surface area contributed by atoms with E-state index in [4.69, 9.17) is 0 Å². The van der Waals surface area contributed by atoms with Gasteiger partial charge in [0.1, 0.15) is 3.70 Å². The summed E-state index contributed by atoms with van der Waals surface area (Å²) in [4.78, 5) is 4.29. The first-order valence-electron chi connectivity index (χ1n) is 4.42. The van der Waals surface area contributed by atoms with Crippen LogP contribution >= 0.6 is 34.4 Å². The minimum atomic E-state index is 0.247. The fraction of sp³-hybridized carbons (Fsp3) is 0.667. The van der Waals surface area contributed by atoms with E-state index in [-0.39, 0.29) is 4.75 Å². The molecule has 80 valence electrons. The number of nitrogens with zero attached hydrogens (tertiary/aromatic N) is 2. The van der Waals surface area contributed by atoms with Crippen LogP contribution in [0.3, 0.4) is 0 Å². The predicted octanol–water partition coefficient (Wildman–Crippen LogP) is 2.58. The Kier molecular flexibility index (Phi) is 4.12. The number of hydrogen-bond acceptors (Lipinski definition) is 3. The van der Waals surface area contributed by atoms with Crippen molar-refractivity contribution in [1.29, 1.82) is 0 Å². The lowest BCUT2D eigenvalue weighted by atomic mass is 10.2. The number of halogens is 1. The van der Waals surface area contributed by atoms with Crippen molar-refractivity contribution in [3.8, 4) is 0 Å². The Morgan fingerprint density at radius 3 is 2.71 bits per heavy atom. The van der Waals surface area contributed by atoms with E-state index in [1.165, 1.54) is 0 Å². The molecule has 0 aliphatic heterocycles. The van der Waals surface area contributed by atoms with Gasteiger partial charge >= 0.3 is 0 Å². The fourth-order valence-corrected chi connectivity index (χ4v) is 1.50. The summed E-state index contributed by atoms with van der Waals surface area (Å²) in [6.07, 6.45) is 4.00. The van der Waals surface area contributed by atoms with E-state index in [2.05, 4.69) is 57.6 Å². The molecule has 0 amide bonds. The van der Waals surface area contributed by atoms with E-state index in [9.17, 15) is 0 Å². The van der Waals surface area contributed by atoms with Gasteiger partial charge in [-0.15, -0.1) is 0 Å². The second kappa shape index (κ2) is 4.74. The van der Waals surface area contributed by atoms with E-state index in [0.717, 1.165) is 16.2 Å². The van der Waals surface area contributed by atoms with Crippen LogP contribution < -0.4 is 5.32 Å². The lowest BCUT2D eigenvalue weighted by Gasteiger charge is -2.22. The van der Waals surface area contributed by atoms with Crippen LogP contribution in [0.2, 0.25) is 0 Å². The molecule has 0 bridgehead atoms. The third-order valence-corrected chi connectivity index (χ3v) is 4.41. The second-order valence-electron chi connectivity index (χ2n) is 3.78. The van der Waals surface area contributed by atoms with Gasteiger partial charge in [-0.25, -0.2) is 4.98 Å². The van der Waals surface area contributed by atoms with Gasteiger partial charge in [-0.2, -0.15) is 11.8 Å². The lowest BCUT2D eigenvalue weighted by Crippen LogP contribution is -2.26. The summed E-state index contributed by atoms with van der Waals surface area (Å²) in [7, 11) is 2.02. The van der Waals surface area contributed by atoms with Crippen LogP contribution in [0.4, 0.5) is 5.95 Å². The summed E-state index contributed by atoms with van der Waals surface area (Å²) < 4.78 is 3.45. The van der Waals surface area contributed by atoms with Crippen LogP contribution in [0.15, 0.2) is 6.20 Å². The maximum atomic E-state index is 4.29. The van der Waals surface area contributed by atoms with Crippen LogP contribution in [0, 0.1) is 3.70 Å². The Labute approximate surface area is 103 Å². The molecular formula is C9H16IN3S. The quantitative estimate of drug-likeness (QED) is 0.863. The molecule has 0 fully saturated rings. The maximum absolute atomic E-state index is 4.29. The number of thioether (sulfide) groups is 1. The smallest absolute Gasteiger partial charge is 0.203 e. The van der Waals surface area contributed by atoms with Crippen molar-refractivity contribution in [2.45, 2.75) is 18.6 Å². The van der Waals surface area contributed by atoms with E-state index >= 15 is 0 Å². The normalized spacial score (nSPS) is 11.8. The monoisotopic (exact) mass is 325 g/mol. The molecule has 1 aromatic rings. The average Bonchev–Trinajstić information content (AvgIpc) is 2.45. The van der Waals surface area contributed by atoms with Crippen molar-refractivity contribution in [2.24, 2.45) is 7.05 Å². The van der Waals surface area contributed by atoms with Crippen LogP contribution in [0.5, 0.6) is 0 Å². The Balaban J connectivity index is 2.58. The van der Waals surface area contributed by atoms with Crippen molar-refractivity contribution in [1.82, 2.24) is 9.55 Å². The highest BCUT2D eigenvalue weighted by atomic mass is 127. The summed E-state index contributed by atoms with van der Waals surface area (Å²) in [6.45, 7) is 5.37. The molecule has 0 spiro atoms. The van der Waals surface area contributed by atoms with Gasteiger partial charge < -0.3 is 9.88 Å². The summed E-state index contributed by atoms with van der Waals surface area (Å²) in [5, 5.41) is 3.35. The minimum absolute atomic E-state index is 0.247. The summed E-state index contributed by atoms with van der Waals surface area (Å²) in [5.74, 6) is 0.941. The largest absolute Gasteiger partial charge is 0.354 e. The number of nitrogens with one attached hydrogen (secondary N) is 1. The topological polar surface area (TPSA) is 29.9 Å². The molecule has 1 rings (SSSR count). The Morgan fingerprint density at radius 1 is 1.64 bits per heavy atom. The predicted molar refractivity (Wildman–Crippen MR) is 72.0 cm³/mol. The Hall–Kier alpha value is 0.0900. The first kappa shape index (κ1) is 12.2. The number of imidazole rings is 1. The number of hydrogen-bond donors (Lipinski definition) is 1. The van der Waals surface area contributed by atoms with Gasteiger partial charge in [-0.3, -0.25) is 0 Å². The van der Waals surface area contributed by atoms with Crippen molar-refractivity contribution in [3.63, 3.8) is 0 Å². The van der Waals surface area contributed by atoms with Crippen LogP contribution in [-0.2, 0) is 7.05 Å². The zero-order chi connectivity index (χ0) is 10.8. The lowest BCUT2D eigenvalue weighted by molar-refractivity contribution is 0.738. The van der Waals surface area contributed by atoms with Crippen molar-refractivity contribution < 1.29 is 0 Å². The van der Waals surface area contributed by atoms with Gasteiger partial charge in [-0.05, 0) is 42.7 Å². The number of aromatic nitrogens is 2. The Morgan fingerprint density at radius 2 is 2.29 bits per heavy atom. The molecule has 1 aromatic heterocycles. The molecule has 0 unspecified atom stereocenters. The van der Waals surface area contributed by atoms with Crippen molar-refractivity contribution in [3.05, 3.63) is 9.90 Å². The minimum Gasteiger partial charge on any atom is -0.354 e. The highest BCUT2D eigenvalue weighted by Gasteiger charge is 2.16. The second-order valence-corrected chi connectivity index (χ2v) is 6.40. The van der Waals surface area contributed by atoms with Crippen LogP contribution in [-0.4, -0.2) is 27.1 Å². The van der Waals surface area contributed by atoms with Crippen molar-refractivity contribution >= 4 is 40.3 Å². The molecule has 14 heavy (non-hydrogen) atoms. The van der Waals surface area contributed by atoms with Gasteiger partial charge in [0.2, 0.25) is 5.95 Å². The molecule has 1 N–H and O–H groups in total. The van der Waals surface area contributed by atoms with Gasteiger partial charge in [0, 0.05) is 18.3 Å². The highest BCUT2D eigenvalue weighted by molar-refractivity contribution is 14.1. The first-order valence-corrected chi connectivity index (χ1v) is 6.73. The zero-order valence-corrected chi connectivity index (χ0v) is 11.9. The van der Waals surface area contributed by atoms with E-state index in [1.54, 1.807) is 0 Å². The van der Waals surface area contributed by atoms with Crippen LogP contribution in [0.25, 0.3) is 0 Å². The Bertz CT molecular complexity index is 309. The molecule has 0 aromatic carbocycles. The van der Waals surface area contributed by atoms with E-state index in [0.29, 0.717) is 0 Å². The number of anilines is 1. The van der Waals surface area contributed by atoms with Gasteiger partial charge in [0.05, 0.1) is 6.20 Å². The van der Waals surface area contributed by atoms with E-state index in [1.807, 2.05) is 25.0 Å².